The number of amides is 3. The average Bonchev–Trinajstić information content (AvgIpc) is 2.46. The van der Waals surface area contributed by atoms with Gasteiger partial charge in [-0.2, -0.15) is 0 Å². The Morgan fingerprint density at radius 2 is 1.57 bits per heavy atom. The minimum atomic E-state index is -0.107. The Labute approximate surface area is 123 Å². The van der Waals surface area contributed by atoms with Gasteiger partial charge in [0.1, 0.15) is 0 Å². The van der Waals surface area contributed by atoms with Gasteiger partial charge in [-0.05, 0) is 25.1 Å². The van der Waals surface area contributed by atoms with Crippen molar-refractivity contribution in [2.24, 2.45) is 0 Å². The molecular weight excluding hydrogens is 270 g/mol. The number of carbonyl (C=O) groups is 2. The normalized spacial score (nSPS) is 14.9. The molecule has 0 aromatic heterocycles. The molecule has 0 spiro atoms. The molecule has 2 rings (SSSR count). The first-order chi connectivity index (χ1) is 10.0. The maximum atomic E-state index is 12.4. The number of urea groups is 1. The van der Waals surface area contributed by atoms with Crippen molar-refractivity contribution >= 4 is 23.3 Å². The summed E-state index contributed by atoms with van der Waals surface area (Å²) in [6.07, 6.45) is 0. The van der Waals surface area contributed by atoms with Crippen molar-refractivity contribution in [2.75, 3.05) is 44.2 Å². The number of hydrogen-bond donors (Lipinski definition) is 3. The predicted molar refractivity (Wildman–Crippen MR) is 81.8 cm³/mol. The van der Waals surface area contributed by atoms with E-state index >= 15 is 0 Å². The maximum Gasteiger partial charge on any atom is 0.317 e. The topological polar surface area (TPSA) is 105 Å². The number of nitrogen functional groups attached to an aromatic ring is 2. The molecule has 21 heavy (non-hydrogen) atoms. The Morgan fingerprint density at radius 1 is 1.05 bits per heavy atom. The van der Waals surface area contributed by atoms with Gasteiger partial charge in [-0.1, -0.05) is 0 Å². The van der Waals surface area contributed by atoms with E-state index in [0.717, 1.165) is 0 Å². The van der Waals surface area contributed by atoms with E-state index in [-0.39, 0.29) is 11.9 Å². The van der Waals surface area contributed by atoms with Crippen molar-refractivity contribution in [3.05, 3.63) is 23.8 Å². The molecule has 3 amide bonds. The third-order valence-electron chi connectivity index (χ3n) is 3.41. The number of carbonyl (C=O) groups excluding carboxylic acids is 2. The summed E-state index contributed by atoms with van der Waals surface area (Å²) in [5.74, 6) is -0.107. The summed E-state index contributed by atoms with van der Waals surface area (Å²) in [6, 6.07) is 4.77. The van der Waals surface area contributed by atoms with E-state index in [1.54, 1.807) is 28.0 Å². The van der Waals surface area contributed by atoms with Crippen LogP contribution in [-0.2, 0) is 0 Å². The molecule has 1 aromatic carbocycles. The van der Waals surface area contributed by atoms with Crippen LogP contribution in [0.5, 0.6) is 0 Å². The molecule has 7 nitrogen and oxygen atoms in total. The van der Waals surface area contributed by atoms with E-state index < -0.39 is 0 Å². The van der Waals surface area contributed by atoms with Gasteiger partial charge >= 0.3 is 6.03 Å². The van der Waals surface area contributed by atoms with Crippen LogP contribution in [0.1, 0.15) is 17.3 Å². The van der Waals surface area contributed by atoms with Gasteiger partial charge in [0.05, 0.1) is 0 Å². The molecule has 1 aliphatic rings. The summed E-state index contributed by atoms with van der Waals surface area (Å²) >= 11 is 0. The number of benzene rings is 1. The largest absolute Gasteiger partial charge is 0.399 e. The fourth-order valence-corrected chi connectivity index (χ4v) is 2.36. The van der Waals surface area contributed by atoms with Crippen LogP contribution in [0.15, 0.2) is 18.2 Å². The number of nitrogens with zero attached hydrogens (tertiary/aromatic N) is 2. The first kappa shape index (κ1) is 15.0. The van der Waals surface area contributed by atoms with Gasteiger partial charge in [0.15, 0.2) is 0 Å². The van der Waals surface area contributed by atoms with Crippen molar-refractivity contribution in [1.82, 2.24) is 15.1 Å². The monoisotopic (exact) mass is 291 g/mol. The number of rotatable bonds is 2. The second-order valence-corrected chi connectivity index (χ2v) is 5.00. The highest BCUT2D eigenvalue weighted by molar-refractivity contribution is 5.96. The van der Waals surface area contributed by atoms with Crippen LogP contribution in [-0.4, -0.2) is 54.5 Å². The maximum absolute atomic E-state index is 12.4. The average molecular weight is 291 g/mol. The quantitative estimate of drug-likeness (QED) is 0.683. The van der Waals surface area contributed by atoms with E-state index in [9.17, 15) is 9.59 Å². The summed E-state index contributed by atoms with van der Waals surface area (Å²) in [4.78, 5) is 27.5. The predicted octanol–water partition coefficient (Wildman–Crippen LogP) is 0.338. The third kappa shape index (κ3) is 3.56. The fourth-order valence-electron chi connectivity index (χ4n) is 2.36. The van der Waals surface area contributed by atoms with Crippen molar-refractivity contribution in [2.45, 2.75) is 6.92 Å². The summed E-state index contributed by atoms with van der Waals surface area (Å²) in [7, 11) is 0. The molecule has 1 saturated heterocycles. The number of hydrogen-bond acceptors (Lipinski definition) is 4. The Bertz CT molecular complexity index is 518. The van der Waals surface area contributed by atoms with E-state index in [2.05, 4.69) is 5.32 Å². The Hall–Kier alpha value is -2.44. The highest BCUT2D eigenvalue weighted by Crippen LogP contribution is 2.16. The van der Waals surface area contributed by atoms with Gasteiger partial charge in [0.25, 0.3) is 5.91 Å². The molecule has 0 aliphatic carbocycles. The van der Waals surface area contributed by atoms with Gasteiger partial charge in [0.2, 0.25) is 0 Å². The molecule has 1 aliphatic heterocycles. The molecule has 7 heteroatoms. The minimum absolute atomic E-state index is 0.0854. The second-order valence-electron chi connectivity index (χ2n) is 5.00. The zero-order chi connectivity index (χ0) is 15.4. The smallest absolute Gasteiger partial charge is 0.317 e. The Morgan fingerprint density at radius 3 is 2.10 bits per heavy atom. The molecule has 1 fully saturated rings. The summed E-state index contributed by atoms with van der Waals surface area (Å²) < 4.78 is 0. The van der Waals surface area contributed by atoms with Crippen LogP contribution >= 0.6 is 0 Å². The summed E-state index contributed by atoms with van der Waals surface area (Å²) in [5, 5.41) is 2.76. The number of nitrogens with two attached hydrogens (primary N) is 2. The second kappa shape index (κ2) is 6.34. The Balaban J connectivity index is 1.98. The highest BCUT2D eigenvalue weighted by Gasteiger charge is 2.24. The molecule has 0 saturated carbocycles. The van der Waals surface area contributed by atoms with Crippen LogP contribution in [0.3, 0.4) is 0 Å². The highest BCUT2D eigenvalue weighted by atomic mass is 16.2. The molecule has 1 heterocycles. The van der Waals surface area contributed by atoms with Crippen molar-refractivity contribution in [3.63, 3.8) is 0 Å². The molecule has 114 valence electrons. The lowest BCUT2D eigenvalue weighted by Crippen LogP contribution is -2.53. The molecule has 0 atom stereocenters. The van der Waals surface area contributed by atoms with E-state index in [1.807, 2.05) is 6.92 Å². The van der Waals surface area contributed by atoms with Gasteiger partial charge in [-0.3, -0.25) is 4.79 Å². The van der Waals surface area contributed by atoms with Crippen molar-refractivity contribution < 1.29 is 9.59 Å². The van der Waals surface area contributed by atoms with Gasteiger partial charge in [-0.25, -0.2) is 4.79 Å². The van der Waals surface area contributed by atoms with Crippen molar-refractivity contribution in [3.8, 4) is 0 Å². The molecule has 0 bridgehead atoms. The van der Waals surface area contributed by atoms with Crippen LogP contribution in [0.2, 0.25) is 0 Å². The Kier molecular flexibility index (Phi) is 4.52. The molecule has 0 unspecified atom stereocenters. The SMILES string of the molecule is CCNC(=O)N1CCN(C(=O)c2cc(N)cc(N)c2)CC1. The molecule has 0 radical (unpaired) electrons. The van der Waals surface area contributed by atoms with Crippen LogP contribution in [0, 0.1) is 0 Å². The van der Waals surface area contributed by atoms with E-state index in [4.69, 9.17) is 11.5 Å². The lowest BCUT2D eigenvalue weighted by Gasteiger charge is -2.34. The molecule has 1 aromatic rings. The zero-order valence-corrected chi connectivity index (χ0v) is 12.1. The van der Waals surface area contributed by atoms with E-state index in [0.29, 0.717) is 49.7 Å². The van der Waals surface area contributed by atoms with Crippen LogP contribution in [0.4, 0.5) is 16.2 Å². The van der Waals surface area contributed by atoms with Gasteiger partial charge < -0.3 is 26.6 Å². The minimum Gasteiger partial charge on any atom is -0.399 e. The first-order valence-corrected chi connectivity index (χ1v) is 6.99. The van der Waals surface area contributed by atoms with Crippen molar-refractivity contribution in [1.29, 1.82) is 0 Å². The van der Waals surface area contributed by atoms with E-state index in [1.165, 1.54) is 0 Å². The standard InChI is InChI=1S/C14H21N5O2/c1-2-17-14(21)19-5-3-18(4-6-19)13(20)10-7-11(15)9-12(16)8-10/h7-9H,2-6,15-16H2,1H3,(H,17,21). The molecular formula is C14H21N5O2. The fraction of sp³-hybridized carbons (Fsp3) is 0.429. The lowest BCUT2D eigenvalue weighted by molar-refractivity contribution is 0.0665. The number of nitrogens with one attached hydrogen (secondary N) is 1. The summed E-state index contributed by atoms with van der Waals surface area (Å²) in [5.41, 5.74) is 12.8. The number of anilines is 2. The zero-order valence-electron chi connectivity index (χ0n) is 12.1. The third-order valence-corrected chi connectivity index (χ3v) is 3.41. The van der Waals surface area contributed by atoms with Crippen LogP contribution in [0.25, 0.3) is 0 Å². The van der Waals surface area contributed by atoms with Crippen LogP contribution < -0.4 is 16.8 Å². The summed E-state index contributed by atoms with van der Waals surface area (Å²) in [6.45, 7) is 4.53. The first-order valence-electron chi connectivity index (χ1n) is 6.99. The molecule has 5 N–H and O–H groups in total. The number of piperazine rings is 1. The lowest BCUT2D eigenvalue weighted by atomic mass is 10.1. The van der Waals surface area contributed by atoms with Gasteiger partial charge in [0, 0.05) is 49.7 Å². The van der Waals surface area contributed by atoms with Gasteiger partial charge in [-0.15, -0.1) is 0 Å².